The summed E-state index contributed by atoms with van der Waals surface area (Å²) in [4.78, 5) is 11.4. The van der Waals surface area contributed by atoms with Crippen molar-refractivity contribution in [2.24, 2.45) is 7.05 Å². The van der Waals surface area contributed by atoms with Crippen molar-refractivity contribution in [3.63, 3.8) is 0 Å². The van der Waals surface area contributed by atoms with Gasteiger partial charge in [0.15, 0.2) is 0 Å². The number of nitrogens with zero attached hydrogens (tertiary/aromatic N) is 2. The van der Waals surface area contributed by atoms with Crippen LogP contribution in [-0.4, -0.2) is 15.7 Å². The van der Waals surface area contributed by atoms with Crippen LogP contribution in [0.1, 0.15) is 32.4 Å². The average molecular weight is 207 g/mol. The molecule has 0 aromatic carbocycles. The molecule has 1 rings (SSSR count). The van der Waals surface area contributed by atoms with Gasteiger partial charge >= 0.3 is 0 Å². The van der Waals surface area contributed by atoms with Gasteiger partial charge in [0.05, 0.1) is 11.4 Å². The lowest BCUT2D eigenvalue weighted by Gasteiger charge is -2.04. The molecule has 1 aromatic rings. The van der Waals surface area contributed by atoms with E-state index in [-0.39, 0.29) is 5.91 Å². The maximum absolute atomic E-state index is 11.4. The summed E-state index contributed by atoms with van der Waals surface area (Å²) in [6.45, 7) is 5.91. The Balaban J connectivity index is 2.88. The first kappa shape index (κ1) is 11.5. The highest BCUT2D eigenvalue weighted by Crippen LogP contribution is 2.21. The zero-order chi connectivity index (χ0) is 11.4. The minimum atomic E-state index is -0.118. The molecule has 82 valence electrons. The highest BCUT2D eigenvalue weighted by Gasteiger charge is 2.12. The Hall–Kier alpha value is -1.58. The number of aromatic nitrogens is 2. The second-order valence-corrected chi connectivity index (χ2v) is 3.75. The fourth-order valence-corrected chi connectivity index (χ4v) is 1.35. The van der Waals surface area contributed by atoms with E-state index < -0.39 is 0 Å². The SMILES string of the molecule is C/C=C/C(=O)Nc1cn(C)nc1C(C)C. The van der Waals surface area contributed by atoms with Crippen LogP contribution in [0, 0.1) is 0 Å². The summed E-state index contributed by atoms with van der Waals surface area (Å²) in [6, 6.07) is 0. The third-order valence-electron chi connectivity index (χ3n) is 1.98. The number of carbonyl (C=O) groups excluding carboxylic acids is 1. The lowest BCUT2D eigenvalue weighted by Crippen LogP contribution is -2.09. The Kier molecular flexibility index (Phi) is 3.66. The topological polar surface area (TPSA) is 46.9 Å². The van der Waals surface area contributed by atoms with E-state index in [9.17, 15) is 4.79 Å². The number of rotatable bonds is 3. The zero-order valence-corrected chi connectivity index (χ0v) is 9.61. The summed E-state index contributed by atoms with van der Waals surface area (Å²) in [5.74, 6) is 0.180. The maximum Gasteiger partial charge on any atom is 0.248 e. The average Bonchev–Trinajstić information content (AvgIpc) is 2.47. The molecule has 4 heteroatoms. The van der Waals surface area contributed by atoms with Crippen LogP contribution in [0.5, 0.6) is 0 Å². The number of hydrogen-bond acceptors (Lipinski definition) is 2. The van der Waals surface area contributed by atoms with Crippen molar-refractivity contribution in [3.05, 3.63) is 24.0 Å². The molecule has 0 bridgehead atoms. The number of nitrogens with one attached hydrogen (secondary N) is 1. The lowest BCUT2D eigenvalue weighted by atomic mass is 10.1. The van der Waals surface area contributed by atoms with Gasteiger partial charge in [-0.15, -0.1) is 0 Å². The molecule has 1 aromatic heterocycles. The molecular formula is C11H17N3O. The fraction of sp³-hybridized carbons (Fsp3) is 0.455. The molecule has 0 radical (unpaired) electrons. The number of amides is 1. The predicted octanol–water partition coefficient (Wildman–Crippen LogP) is 2.06. The second-order valence-electron chi connectivity index (χ2n) is 3.75. The third kappa shape index (κ3) is 2.94. The number of aryl methyl sites for hydroxylation is 1. The van der Waals surface area contributed by atoms with E-state index in [4.69, 9.17) is 0 Å². The fourth-order valence-electron chi connectivity index (χ4n) is 1.35. The van der Waals surface area contributed by atoms with Crippen LogP contribution in [-0.2, 0) is 11.8 Å². The lowest BCUT2D eigenvalue weighted by molar-refractivity contribution is -0.111. The largest absolute Gasteiger partial charge is 0.320 e. The minimum Gasteiger partial charge on any atom is -0.320 e. The number of hydrogen-bond donors (Lipinski definition) is 1. The molecule has 1 heterocycles. The molecule has 1 amide bonds. The van der Waals surface area contributed by atoms with Gasteiger partial charge in [-0.3, -0.25) is 9.48 Å². The van der Waals surface area contributed by atoms with Crippen LogP contribution >= 0.6 is 0 Å². The van der Waals surface area contributed by atoms with E-state index in [0.29, 0.717) is 5.92 Å². The van der Waals surface area contributed by atoms with Gasteiger partial charge < -0.3 is 5.32 Å². The Morgan fingerprint density at radius 2 is 2.27 bits per heavy atom. The highest BCUT2D eigenvalue weighted by molar-refractivity contribution is 5.99. The van der Waals surface area contributed by atoms with Crippen LogP contribution < -0.4 is 5.32 Å². The molecule has 4 nitrogen and oxygen atoms in total. The molecule has 0 fully saturated rings. The van der Waals surface area contributed by atoms with Crippen molar-refractivity contribution in [2.75, 3.05) is 5.32 Å². The van der Waals surface area contributed by atoms with Crippen molar-refractivity contribution in [3.8, 4) is 0 Å². The Morgan fingerprint density at radius 3 is 2.80 bits per heavy atom. The normalized spacial score (nSPS) is 11.3. The molecule has 1 N–H and O–H groups in total. The summed E-state index contributed by atoms with van der Waals surface area (Å²) < 4.78 is 1.71. The van der Waals surface area contributed by atoms with Gasteiger partial charge in [-0.25, -0.2) is 0 Å². The monoisotopic (exact) mass is 207 g/mol. The summed E-state index contributed by atoms with van der Waals surface area (Å²) in [7, 11) is 1.84. The van der Waals surface area contributed by atoms with Crippen LogP contribution in [0.4, 0.5) is 5.69 Å². The first-order valence-corrected chi connectivity index (χ1v) is 5.01. The number of allylic oxidation sites excluding steroid dienone is 1. The minimum absolute atomic E-state index is 0.118. The first-order valence-electron chi connectivity index (χ1n) is 5.01. The van der Waals surface area contributed by atoms with Crippen LogP contribution in [0.3, 0.4) is 0 Å². The van der Waals surface area contributed by atoms with Gasteiger partial charge in [0, 0.05) is 13.2 Å². The molecule has 15 heavy (non-hydrogen) atoms. The Morgan fingerprint density at radius 1 is 1.60 bits per heavy atom. The van der Waals surface area contributed by atoms with Gasteiger partial charge in [0.2, 0.25) is 5.91 Å². The van der Waals surface area contributed by atoms with Crippen molar-refractivity contribution in [2.45, 2.75) is 26.7 Å². The third-order valence-corrected chi connectivity index (χ3v) is 1.98. The van der Waals surface area contributed by atoms with Crippen molar-refractivity contribution in [1.82, 2.24) is 9.78 Å². The number of anilines is 1. The summed E-state index contributed by atoms with van der Waals surface area (Å²) in [5, 5.41) is 7.11. The van der Waals surface area contributed by atoms with Crippen LogP contribution in [0.25, 0.3) is 0 Å². The summed E-state index contributed by atoms with van der Waals surface area (Å²) in [6.07, 6.45) is 5.02. The Bertz CT molecular complexity index is 377. The highest BCUT2D eigenvalue weighted by atomic mass is 16.1. The predicted molar refractivity (Wildman–Crippen MR) is 60.7 cm³/mol. The van der Waals surface area contributed by atoms with Gasteiger partial charge in [-0.2, -0.15) is 5.10 Å². The standard InChI is InChI=1S/C11H17N3O/c1-5-6-10(15)12-9-7-14(4)13-11(9)8(2)3/h5-8H,1-4H3,(H,12,15)/b6-5+. The van der Waals surface area contributed by atoms with Crippen LogP contribution in [0.15, 0.2) is 18.3 Å². The van der Waals surface area contributed by atoms with Gasteiger partial charge in [-0.05, 0) is 18.9 Å². The van der Waals surface area contributed by atoms with E-state index in [1.807, 2.05) is 34.0 Å². The maximum atomic E-state index is 11.4. The molecule has 0 aliphatic rings. The second kappa shape index (κ2) is 4.77. The smallest absolute Gasteiger partial charge is 0.248 e. The van der Waals surface area contributed by atoms with E-state index in [1.165, 1.54) is 6.08 Å². The van der Waals surface area contributed by atoms with Gasteiger partial charge in [0.25, 0.3) is 0 Å². The first-order chi connectivity index (χ1) is 7.04. The molecule has 0 saturated heterocycles. The molecule has 0 aliphatic heterocycles. The molecular weight excluding hydrogens is 190 g/mol. The number of carbonyl (C=O) groups is 1. The molecule has 0 aliphatic carbocycles. The van der Waals surface area contributed by atoms with E-state index in [0.717, 1.165) is 11.4 Å². The molecule has 0 spiro atoms. The Labute approximate surface area is 90.0 Å². The molecule has 0 unspecified atom stereocenters. The van der Waals surface area contributed by atoms with Gasteiger partial charge in [-0.1, -0.05) is 19.9 Å². The van der Waals surface area contributed by atoms with Crippen molar-refractivity contribution in [1.29, 1.82) is 0 Å². The van der Waals surface area contributed by atoms with E-state index >= 15 is 0 Å². The van der Waals surface area contributed by atoms with Crippen molar-refractivity contribution >= 4 is 11.6 Å². The summed E-state index contributed by atoms with van der Waals surface area (Å²) in [5.41, 5.74) is 1.70. The zero-order valence-electron chi connectivity index (χ0n) is 9.61. The molecule has 0 atom stereocenters. The quantitative estimate of drug-likeness (QED) is 0.771. The van der Waals surface area contributed by atoms with Crippen LogP contribution in [0.2, 0.25) is 0 Å². The molecule has 0 saturated carbocycles. The van der Waals surface area contributed by atoms with Crippen molar-refractivity contribution < 1.29 is 4.79 Å². The summed E-state index contributed by atoms with van der Waals surface area (Å²) >= 11 is 0. The van der Waals surface area contributed by atoms with E-state index in [1.54, 1.807) is 10.8 Å². The van der Waals surface area contributed by atoms with Gasteiger partial charge in [0.1, 0.15) is 0 Å². The van der Waals surface area contributed by atoms with E-state index in [2.05, 4.69) is 10.4 Å².